The summed E-state index contributed by atoms with van der Waals surface area (Å²) in [4.78, 5) is 0. The Labute approximate surface area is 287 Å². The number of ether oxygens (including phenoxy) is 2. The van der Waals surface area contributed by atoms with Gasteiger partial charge in [-0.1, -0.05) is 145 Å². The molecule has 3 atom stereocenters. The zero-order chi connectivity index (χ0) is 34.8. The molecule has 0 spiro atoms. The number of hydrogen-bond donors (Lipinski definition) is 1. The van der Waals surface area contributed by atoms with Crippen LogP contribution in [0, 0.1) is 12.8 Å². The van der Waals surface area contributed by atoms with Crippen LogP contribution < -0.4 is 15.4 Å². The molecule has 4 heteroatoms. The fourth-order valence-corrected chi connectivity index (χ4v) is 8.30. The summed E-state index contributed by atoms with van der Waals surface area (Å²) in [6.45, 7) is 31.7. The average Bonchev–Trinajstić information content (AvgIpc) is 2.98. The summed E-state index contributed by atoms with van der Waals surface area (Å²) >= 11 is 0. The lowest BCUT2D eigenvalue weighted by Gasteiger charge is -2.41. The van der Waals surface area contributed by atoms with Crippen LogP contribution in [0.3, 0.4) is 0 Å². The van der Waals surface area contributed by atoms with E-state index in [2.05, 4.69) is 126 Å². The molecule has 0 aliphatic heterocycles. The van der Waals surface area contributed by atoms with Gasteiger partial charge in [-0.15, -0.1) is 0 Å². The van der Waals surface area contributed by atoms with Crippen LogP contribution in [0.2, 0.25) is 0 Å². The quantitative estimate of drug-likeness (QED) is 0.0930. The van der Waals surface area contributed by atoms with Crippen molar-refractivity contribution in [3.63, 3.8) is 0 Å². The van der Waals surface area contributed by atoms with Crippen molar-refractivity contribution in [3.8, 4) is 5.75 Å². The van der Waals surface area contributed by atoms with Crippen LogP contribution in [0.1, 0.15) is 169 Å². The molecule has 2 aromatic carbocycles. The van der Waals surface area contributed by atoms with Crippen molar-refractivity contribution in [1.29, 1.82) is 0 Å². The van der Waals surface area contributed by atoms with Gasteiger partial charge in [-0.25, -0.2) is 0 Å². The van der Waals surface area contributed by atoms with Crippen molar-refractivity contribution < 1.29 is 9.47 Å². The molecule has 2 aromatic rings. The predicted molar refractivity (Wildman–Crippen MR) is 206 cm³/mol. The fourth-order valence-electron chi connectivity index (χ4n) is 6.50. The zero-order valence-electron chi connectivity index (χ0n) is 32.6. The predicted octanol–water partition coefficient (Wildman–Crippen LogP) is 11.8. The lowest BCUT2D eigenvalue weighted by Crippen LogP contribution is -2.36. The Morgan fingerprint density at radius 3 is 2.02 bits per heavy atom. The third-order valence-corrected chi connectivity index (χ3v) is 12.3. The lowest BCUT2D eigenvalue weighted by atomic mass is 9.69. The monoisotopic (exact) mass is 654 g/mol. The number of benzene rings is 2. The first-order valence-electron chi connectivity index (χ1n) is 18.4. The first-order valence-corrected chi connectivity index (χ1v) is 19.4. The van der Waals surface area contributed by atoms with Crippen LogP contribution >= 0.6 is 8.58 Å². The first kappa shape index (κ1) is 40.8. The molecule has 0 aliphatic carbocycles. The SMILES string of the molecule is CCCCCC(C)C(C)(C)c1cc(C(C)(C)C)cc(C(CC)(CCCCC)Pc2ccc(C)cc2CNC(C)(C)C)c1OCOC. The highest BCUT2D eigenvalue weighted by Gasteiger charge is 2.40. The van der Waals surface area contributed by atoms with Crippen LogP contribution in [0.15, 0.2) is 30.3 Å². The number of rotatable bonds is 19. The maximum absolute atomic E-state index is 6.81. The van der Waals surface area contributed by atoms with Crippen LogP contribution in [0.4, 0.5) is 0 Å². The molecule has 1 N–H and O–H groups in total. The van der Waals surface area contributed by atoms with Crippen molar-refractivity contribution in [3.05, 3.63) is 58.1 Å². The smallest absolute Gasteiger partial charge is 0.188 e. The Hall–Kier alpha value is -1.41. The Kier molecular flexibility index (Phi) is 15.8. The van der Waals surface area contributed by atoms with E-state index in [9.17, 15) is 0 Å². The molecule has 262 valence electrons. The molecular formula is C42H72NO2P. The zero-order valence-corrected chi connectivity index (χ0v) is 33.6. The molecule has 3 unspecified atom stereocenters. The highest BCUT2D eigenvalue weighted by Crippen LogP contribution is 2.55. The van der Waals surface area contributed by atoms with Crippen LogP contribution in [-0.4, -0.2) is 19.4 Å². The Bertz CT molecular complexity index is 1210. The minimum absolute atomic E-state index is 0.0163. The van der Waals surface area contributed by atoms with Gasteiger partial charge in [0.2, 0.25) is 0 Å². The number of nitrogens with one attached hydrogen (secondary N) is 1. The van der Waals surface area contributed by atoms with E-state index >= 15 is 0 Å². The van der Waals surface area contributed by atoms with Gasteiger partial charge in [-0.2, -0.15) is 0 Å². The molecule has 2 rings (SSSR count). The highest BCUT2D eigenvalue weighted by molar-refractivity contribution is 7.48. The van der Waals surface area contributed by atoms with Crippen LogP contribution in [0.5, 0.6) is 5.75 Å². The molecule has 0 aromatic heterocycles. The molecule has 0 aliphatic rings. The Morgan fingerprint density at radius 1 is 0.826 bits per heavy atom. The maximum atomic E-state index is 6.81. The van der Waals surface area contributed by atoms with E-state index in [1.165, 1.54) is 78.1 Å². The van der Waals surface area contributed by atoms with Crippen LogP contribution in [-0.2, 0) is 27.3 Å². The van der Waals surface area contributed by atoms with Crippen molar-refractivity contribution >= 4 is 13.9 Å². The van der Waals surface area contributed by atoms with Gasteiger partial charge < -0.3 is 14.8 Å². The van der Waals surface area contributed by atoms with Gasteiger partial charge in [0.25, 0.3) is 0 Å². The van der Waals surface area contributed by atoms with Crippen molar-refractivity contribution in [2.24, 2.45) is 5.92 Å². The van der Waals surface area contributed by atoms with E-state index < -0.39 is 0 Å². The Balaban J connectivity index is 2.95. The molecular weight excluding hydrogens is 581 g/mol. The molecule has 46 heavy (non-hydrogen) atoms. The number of methoxy groups -OCH3 is 1. The van der Waals surface area contributed by atoms with Gasteiger partial charge >= 0.3 is 0 Å². The minimum atomic E-state index is -0.0511. The molecule has 0 bridgehead atoms. The minimum Gasteiger partial charge on any atom is -0.467 e. The molecule has 0 heterocycles. The second kappa shape index (κ2) is 17.8. The van der Waals surface area contributed by atoms with Gasteiger partial charge in [0.15, 0.2) is 6.79 Å². The van der Waals surface area contributed by atoms with Crippen LogP contribution in [0.25, 0.3) is 0 Å². The van der Waals surface area contributed by atoms with Crippen molar-refractivity contribution in [1.82, 2.24) is 5.32 Å². The van der Waals surface area contributed by atoms with E-state index in [0.717, 1.165) is 25.1 Å². The number of aryl methyl sites for hydroxylation is 1. The molecule has 3 nitrogen and oxygen atoms in total. The molecule has 0 radical (unpaired) electrons. The van der Waals surface area contributed by atoms with E-state index in [1.807, 2.05) is 0 Å². The second-order valence-electron chi connectivity index (χ2n) is 16.6. The molecule has 0 saturated heterocycles. The van der Waals surface area contributed by atoms with Gasteiger partial charge in [-0.3, -0.25) is 0 Å². The van der Waals surface area contributed by atoms with Gasteiger partial charge in [0, 0.05) is 35.5 Å². The van der Waals surface area contributed by atoms with E-state index in [-0.39, 0.29) is 28.3 Å². The summed E-state index contributed by atoms with van der Waals surface area (Å²) in [6.07, 6.45) is 11.0. The van der Waals surface area contributed by atoms with Gasteiger partial charge in [0.1, 0.15) is 5.75 Å². The van der Waals surface area contributed by atoms with Crippen molar-refractivity contribution in [2.75, 3.05) is 13.9 Å². The topological polar surface area (TPSA) is 30.5 Å². The number of hydrogen-bond acceptors (Lipinski definition) is 3. The first-order chi connectivity index (χ1) is 21.5. The third kappa shape index (κ3) is 11.3. The van der Waals surface area contributed by atoms with E-state index in [0.29, 0.717) is 14.5 Å². The summed E-state index contributed by atoms with van der Waals surface area (Å²) in [5, 5.41) is 5.24. The Morgan fingerprint density at radius 2 is 1.46 bits per heavy atom. The molecule has 0 saturated carbocycles. The number of unbranched alkanes of at least 4 members (excludes halogenated alkanes) is 4. The van der Waals surface area contributed by atoms with E-state index in [4.69, 9.17) is 9.47 Å². The highest BCUT2D eigenvalue weighted by atomic mass is 31.1. The lowest BCUT2D eigenvalue weighted by molar-refractivity contribution is 0.0478. The molecule has 0 amide bonds. The fraction of sp³-hybridized carbons (Fsp3) is 0.714. The largest absolute Gasteiger partial charge is 0.467 e. The summed E-state index contributed by atoms with van der Waals surface area (Å²) in [7, 11) is 2.39. The standard InChI is InChI=1S/C42H72NO2P/c1-15-18-20-22-32(5)41(12,13)35-27-34(39(6,7)8)28-36(38(35)45-30-44-14)42(17-3,25-21-19-16-2)46-37-24-23-31(4)26-33(37)29-43-40(9,10)11/h23-24,26-28,32,43,46H,15-22,25,29-30H2,1-14H3. The summed E-state index contributed by atoms with van der Waals surface area (Å²) in [5.41, 5.74) is 6.94. The van der Waals surface area contributed by atoms with Crippen molar-refractivity contribution in [2.45, 2.75) is 176 Å². The summed E-state index contributed by atoms with van der Waals surface area (Å²) < 4.78 is 12.4. The second-order valence-corrected chi connectivity index (χ2v) is 18.3. The average molecular weight is 654 g/mol. The summed E-state index contributed by atoms with van der Waals surface area (Å²) in [5.74, 6) is 1.60. The maximum Gasteiger partial charge on any atom is 0.188 e. The van der Waals surface area contributed by atoms with E-state index in [1.54, 1.807) is 7.11 Å². The molecule has 0 fully saturated rings. The third-order valence-electron chi connectivity index (χ3n) is 10.2. The van der Waals surface area contributed by atoms with Gasteiger partial charge in [-0.05, 0) is 80.1 Å². The normalized spacial score (nSPS) is 15.0. The summed E-state index contributed by atoms with van der Waals surface area (Å²) in [6, 6.07) is 12.2. The van der Waals surface area contributed by atoms with Gasteiger partial charge in [0.05, 0.1) is 0 Å².